The van der Waals surface area contributed by atoms with Gasteiger partial charge in [0, 0.05) is 30.4 Å². The summed E-state index contributed by atoms with van der Waals surface area (Å²) in [4.78, 5) is 11.0. The topological polar surface area (TPSA) is 70.6 Å². The Bertz CT molecular complexity index is 639. The molecule has 0 atom stereocenters. The molecular formula is C17H20N2O3. The van der Waals surface area contributed by atoms with Crippen molar-refractivity contribution < 1.29 is 14.6 Å². The van der Waals surface area contributed by atoms with Crippen molar-refractivity contribution >= 4 is 17.3 Å². The van der Waals surface area contributed by atoms with Crippen LogP contribution in [0.1, 0.15) is 18.1 Å². The molecule has 0 aliphatic heterocycles. The first-order chi connectivity index (χ1) is 10.6. The van der Waals surface area contributed by atoms with Crippen LogP contribution in [-0.4, -0.2) is 18.1 Å². The number of amides is 1. The monoisotopic (exact) mass is 300 g/mol. The molecule has 0 heterocycles. The van der Waals surface area contributed by atoms with Gasteiger partial charge in [-0.3, -0.25) is 4.79 Å². The lowest BCUT2D eigenvalue weighted by Crippen LogP contribution is -2.06. The molecule has 0 aliphatic rings. The highest BCUT2D eigenvalue weighted by molar-refractivity contribution is 5.88. The van der Waals surface area contributed by atoms with Gasteiger partial charge >= 0.3 is 0 Å². The van der Waals surface area contributed by atoms with Gasteiger partial charge in [0.15, 0.2) is 0 Å². The smallest absolute Gasteiger partial charge is 0.221 e. The number of ether oxygens (including phenoxy) is 1. The molecule has 0 saturated carbocycles. The second kappa shape index (κ2) is 7.47. The van der Waals surface area contributed by atoms with E-state index in [1.54, 1.807) is 7.11 Å². The minimum absolute atomic E-state index is 0.0654. The first-order valence-corrected chi connectivity index (χ1v) is 7.00. The molecule has 5 heteroatoms. The average Bonchev–Trinajstić information content (AvgIpc) is 2.53. The van der Waals surface area contributed by atoms with Gasteiger partial charge in [-0.1, -0.05) is 12.1 Å². The molecule has 2 rings (SSSR count). The van der Waals surface area contributed by atoms with Crippen LogP contribution in [0.2, 0.25) is 0 Å². The zero-order chi connectivity index (χ0) is 15.9. The third-order valence-electron chi connectivity index (χ3n) is 3.22. The normalized spacial score (nSPS) is 10.1. The summed E-state index contributed by atoms with van der Waals surface area (Å²) in [5.41, 5.74) is 3.53. The first-order valence-electron chi connectivity index (χ1n) is 7.00. The molecule has 0 aromatic heterocycles. The van der Waals surface area contributed by atoms with E-state index in [-0.39, 0.29) is 12.5 Å². The summed E-state index contributed by atoms with van der Waals surface area (Å²) in [6.45, 7) is 2.07. The molecule has 1 amide bonds. The summed E-state index contributed by atoms with van der Waals surface area (Å²) in [6, 6.07) is 13.2. The standard InChI is InChI=1S/C17H20N2O3/c1-12(21)19-15-5-3-13(4-6-15)10-18-16-7-8-17(22-2)14(9-16)11-20/h3-9,18,20H,10-11H2,1-2H3,(H,19,21). The van der Waals surface area contributed by atoms with Crippen LogP contribution in [0.25, 0.3) is 0 Å². The average molecular weight is 300 g/mol. The zero-order valence-corrected chi connectivity index (χ0v) is 12.7. The van der Waals surface area contributed by atoms with Gasteiger partial charge in [0.2, 0.25) is 5.91 Å². The highest BCUT2D eigenvalue weighted by Gasteiger charge is 2.03. The SMILES string of the molecule is COc1ccc(NCc2ccc(NC(C)=O)cc2)cc1CO. The van der Waals surface area contributed by atoms with Gasteiger partial charge in [0.1, 0.15) is 5.75 Å². The van der Waals surface area contributed by atoms with E-state index in [9.17, 15) is 9.90 Å². The van der Waals surface area contributed by atoms with Crippen LogP contribution in [0.3, 0.4) is 0 Å². The summed E-state index contributed by atoms with van der Waals surface area (Å²) in [5, 5.41) is 15.3. The lowest BCUT2D eigenvalue weighted by atomic mass is 10.1. The Morgan fingerprint density at radius 3 is 2.41 bits per heavy atom. The van der Waals surface area contributed by atoms with E-state index in [1.807, 2.05) is 42.5 Å². The van der Waals surface area contributed by atoms with Crippen molar-refractivity contribution in [1.29, 1.82) is 0 Å². The molecule has 2 aromatic rings. The van der Waals surface area contributed by atoms with E-state index >= 15 is 0 Å². The molecule has 116 valence electrons. The van der Waals surface area contributed by atoms with E-state index < -0.39 is 0 Å². The van der Waals surface area contributed by atoms with Crippen LogP contribution in [0, 0.1) is 0 Å². The van der Waals surface area contributed by atoms with Gasteiger partial charge in [0.25, 0.3) is 0 Å². The van der Waals surface area contributed by atoms with E-state index in [0.717, 1.165) is 22.5 Å². The van der Waals surface area contributed by atoms with Crippen molar-refractivity contribution in [1.82, 2.24) is 0 Å². The summed E-state index contributed by atoms with van der Waals surface area (Å²) in [6.07, 6.45) is 0. The highest BCUT2D eigenvalue weighted by atomic mass is 16.5. The molecule has 5 nitrogen and oxygen atoms in total. The number of carbonyl (C=O) groups excluding carboxylic acids is 1. The third kappa shape index (κ3) is 4.23. The number of aliphatic hydroxyl groups is 1. The Kier molecular flexibility index (Phi) is 5.38. The first kappa shape index (κ1) is 15.9. The van der Waals surface area contributed by atoms with Crippen molar-refractivity contribution in [2.24, 2.45) is 0 Å². The van der Waals surface area contributed by atoms with Crippen LogP contribution in [0.4, 0.5) is 11.4 Å². The number of carbonyl (C=O) groups is 1. The highest BCUT2D eigenvalue weighted by Crippen LogP contribution is 2.23. The second-order valence-electron chi connectivity index (χ2n) is 4.92. The number of hydrogen-bond donors (Lipinski definition) is 3. The minimum atomic E-state index is -0.0827. The fourth-order valence-corrected chi connectivity index (χ4v) is 2.13. The molecule has 3 N–H and O–H groups in total. The minimum Gasteiger partial charge on any atom is -0.496 e. The van der Waals surface area contributed by atoms with E-state index in [1.165, 1.54) is 6.92 Å². The maximum atomic E-state index is 11.0. The summed E-state index contributed by atoms with van der Waals surface area (Å²) in [7, 11) is 1.58. The number of aliphatic hydroxyl groups excluding tert-OH is 1. The van der Waals surface area contributed by atoms with Gasteiger partial charge in [0.05, 0.1) is 13.7 Å². The Morgan fingerprint density at radius 1 is 1.14 bits per heavy atom. The fraction of sp³-hybridized carbons (Fsp3) is 0.235. The van der Waals surface area contributed by atoms with E-state index in [4.69, 9.17) is 4.74 Å². The second-order valence-corrected chi connectivity index (χ2v) is 4.92. The molecule has 0 saturated heterocycles. The maximum absolute atomic E-state index is 11.0. The Labute approximate surface area is 129 Å². The Hall–Kier alpha value is -2.53. The quantitative estimate of drug-likeness (QED) is 0.767. The van der Waals surface area contributed by atoms with E-state index in [0.29, 0.717) is 12.3 Å². The van der Waals surface area contributed by atoms with Gasteiger partial charge in [-0.2, -0.15) is 0 Å². The molecule has 0 spiro atoms. The van der Waals surface area contributed by atoms with Gasteiger partial charge in [-0.15, -0.1) is 0 Å². The predicted molar refractivity (Wildman–Crippen MR) is 87.0 cm³/mol. The number of benzene rings is 2. The molecule has 0 aliphatic carbocycles. The Morgan fingerprint density at radius 2 is 1.82 bits per heavy atom. The van der Waals surface area contributed by atoms with Gasteiger partial charge in [-0.05, 0) is 35.9 Å². The van der Waals surface area contributed by atoms with Crippen LogP contribution in [-0.2, 0) is 17.9 Å². The van der Waals surface area contributed by atoms with Crippen molar-refractivity contribution in [2.75, 3.05) is 17.7 Å². The van der Waals surface area contributed by atoms with Gasteiger partial charge < -0.3 is 20.5 Å². The van der Waals surface area contributed by atoms with Crippen molar-refractivity contribution in [3.05, 3.63) is 53.6 Å². The molecule has 2 aromatic carbocycles. The van der Waals surface area contributed by atoms with E-state index in [2.05, 4.69) is 10.6 Å². The van der Waals surface area contributed by atoms with Crippen LogP contribution in [0.5, 0.6) is 5.75 Å². The number of hydrogen-bond acceptors (Lipinski definition) is 4. The van der Waals surface area contributed by atoms with Crippen molar-refractivity contribution in [3.63, 3.8) is 0 Å². The summed E-state index contributed by atoms with van der Waals surface area (Å²) >= 11 is 0. The van der Waals surface area contributed by atoms with Gasteiger partial charge in [-0.25, -0.2) is 0 Å². The number of anilines is 2. The Balaban J connectivity index is 1.99. The van der Waals surface area contributed by atoms with Crippen molar-refractivity contribution in [2.45, 2.75) is 20.1 Å². The molecule has 0 bridgehead atoms. The fourth-order valence-electron chi connectivity index (χ4n) is 2.13. The third-order valence-corrected chi connectivity index (χ3v) is 3.22. The lowest BCUT2D eigenvalue weighted by Gasteiger charge is -2.11. The molecule has 0 radical (unpaired) electrons. The zero-order valence-electron chi connectivity index (χ0n) is 12.7. The van der Waals surface area contributed by atoms with Crippen molar-refractivity contribution in [3.8, 4) is 5.75 Å². The summed E-state index contributed by atoms with van der Waals surface area (Å²) in [5.74, 6) is 0.591. The molecular weight excluding hydrogens is 280 g/mol. The molecule has 0 unspecified atom stereocenters. The largest absolute Gasteiger partial charge is 0.496 e. The number of nitrogens with one attached hydrogen (secondary N) is 2. The maximum Gasteiger partial charge on any atom is 0.221 e. The molecule has 22 heavy (non-hydrogen) atoms. The number of methoxy groups -OCH3 is 1. The van der Waals surface area contributed by atoms with Crippen LogP contribution < -0.4 is 15.4 Å². The predicted octanol–water partition coefficient (Wildman–Crippen LogP) is 2.76. The molecule has 0 fully saturated rings. The van der Waals surface area contributed by atoms with Crippen LogP contribution >= 0.6 is 0 Å². The van der Waals surface area contributed by atoms with Crippen LogP contribution in [0.15, 0.2) is 42.5 Å². The lowest BCUT2D eigenvalue weighted by molar-refractivity contribution is -0.114. The summed E-state index contributed by atoms with van der Waals surface area (Å²) < 4.78 is 5.18. The number of rotatable bonds is 6.